The Labute approximate surface area is 144 Å². The minimum Gasteiger partial charge on any atom is -0.343 e. The lowest BCUT2D eigenvalue weighted by molar-refractivity contribution is -0.125. The van der Waals surface area contributed by atoms with E-state index in [0.29, 0.717) is 15.6 Å². The van der Waals surface area contributed by atoms with Gasteiger partial charge in [0.25, 0.3) is 0 Å². The smallest absolute Gasteiger partial charge is 0.236 e. The van der Waals surface area contributed by atoms with Crippen molar-refractivity contribution in [3.8, 4) is 11.1 Å². The van der Waals surface area contributed by atoms with E-state index in [1.807, 2.05) is 24.3 Å². The van der Waals surface area contributed by atoms with Gasteiger partial charge in [-0.1, -0.05) is 47.5 Å². The van der Waals surface area contributed by atoms with Crippen LogP contribution in [0.1, 0.15) is 25.3 Å². The lowest BCUT2D eigenvalue weighted by Gasteiger charge is -2.15. The number of nitrogens with one attached hydrogen (secondary N) is 1. The summed E-state index contributed by atoms with van der Waals surface area (Å²) >= 11 is 12.4. The van der Waals surface area contributed by atoms with Crippen molar-refractivity contribution in [2.75, 3.05) is 0 Å². The van der Waals surface area contributed by atoms with E-state index in [9.17, 15) is 9.59 Å². The van der Waals surface area contributed by atoms with Crippen LogP contribution in [-0.2, 0) is 9.59 Å². The van der Waals surface area contributed by atoms with Gasteiger partial charge in [-0.15, -0.1) is 0 Å². The third kappa shape index (κ3) is 2.87. The van der Waals surface area contributed by atoms with Crippen molar-refractivity contribution in [2.24, 2.45) is 0 Å². The van der Waals surface area contributed by atoms with E-state index in [1.54, 1.807) is 32.0 Å². The van der Waals surface area contributed by atoms with Crippen molar-refractivity contribution in [3.05, 3.63) is 58.1 Å². The van der Waals surface area contributed by atoms with Gasteiger partial charge in [-0.05, 0) is 48.7 Å². The van der Waals surface area contributed by atoms with Crippen LogP contribution in [0.25, 0.3) is 11.1 Å². The zero-order valence-corrected chi connectivity index (χ0v) is 14.2. The van der Waals surface area contributed by atoms with Crippen LogP contribution in [0, 0.1) is 0 Å². The van der Waals surface area contributed by atoms with Crippen LogP contribution in [0.5, 0.6) is 0 Å². The molecule has 1 unspecified atom stereocenters. The number of Topliss-reactive ketones (excluding diaryl/α,β-unsaturated/α-hetero) is 1. The first kappa shape index (κ1) is 16.0. The van der Waals surface area contributed by atoms with Crippen LogP contribution >= 0.6 is 23.2 Å². The maximum atomic E-state index is 12.4. The predicted molar refractivity (Wildman–Crippen MR) is 91.9 cm³/mol. The van der Waals surface area contributed by atoms with E-state index >= 15 is 0 Å². The molecule has 1 atom stereocenters. The highest BCUT2D eigenvalue weighted by Crippen LogP contribution is 2.35. The second-order valence-electron chi connectivity index (χ2n) is 6.16. The summed E-state index contributed by atoms with van der Waals surface area (Å²) in [6.07, 6.45) is 0. The van der Waals surface area contributed by atoms with Gasteiger partial charge in [-0.3, -0.25) is 9.59 Å². The van der Waals surface area contributed by atoms with E-state index < -0.39 is 11.5 Å². The summed E-state index contributed by atoms with van der Waals surface area (Å²) in [5.74, 6) is -1.33. The Morgan fingerprint density at radius 1 is 1.00 bits per heavy atom. The van der Waals surface area contributed by atoms with Crippen molar-refractivity contribution in [1.82, 2.24) is 5.32 Å². The molecule has 0 radical (unpaired) electrons. The van der Waals surface area contributed by atoms with Gasteiger partial charge in [-0.2, -0.15) is 0 Å². The molecule has 1 heterocycles. The SMILES string of the molecule is CC1(C)NC(=O)C(c2ccc(-c3cccc(Cl)c3)cc2Cl)C1=O. The van der Waals surface area contributed by atoms with Gasteiger partial charge < -0.3 is 5.32 Å². The molecule has 5 heteroatoms. The van der Waals surface area contributed by atoms with Crippen LogP contribution in [0.3, 0.4) is 0 Å². The molecule has 2 aromatic carbocycles. The Hall–Kier alpha value is -1.84. The summed E-state index contributed by atoms with van der Waals surface area (Å²) in [6, 6.07) is 12.8. The fraction of sp³-hybridized carbons (Fsp3) is 0.222. The van der Waals surface area contributed by atoms with Crippen LogP contribution in [0.15, 0.2) is 42.5 Å². The van der Waals surface area contributed by atoms with Gasteiger partial charge >= 0.3 is 0 Å². The Kier molecular flexibility index (Phi) is 3.95. The molecule has 23 heavy (non-hydrogen) atoms. The summed E-state index contributed by atoms with van der Waals surface area (Å²) in [4.78, 5) is 24.6. The summed E-state index contributed by atoms with van der Waals surface area (Å²) in [5, 5.41) is 3.74. The molecule has 1 N–H and O–H groups in total. The van der Waals surface area contributed by atoms with Gasteiger partial charge in [0.1, 0.15) is 5.92 Å². The number of carbonyl (C=O) groups excluding carboxylic acids is 2. The van der Waals surface area contributed by atoms with E-state index in [2.05, 4.69) is 5.32 Å². The van der Waals surface area contributed by atoms with Crippen molar-refractivity contribution in [2.45, 2.75) is 25.3 Å². The first-order valence-electron chi connectivity index (χ1n) is 7.21. The number of hydrogen-bond donors (Lipinski definition) is 1. The first-order chi connectivity index (χ1) is 10.8. The lowest BCUT2D eigenvalue weighted by Crippen LogP contribution is -2.39. The number of benzene rings is 2. The minimum atomic E-state index is -0.864. The van der Waals surface area contributed by atoms with Gasteiger partial charge in [0.15, 0.2) is 5.78 Å². The molecule has 1 fully saturated rings. The normalized spacial score (nSPS) is 19.7. The van der Waals surface area contributed by atoms with Gasteiger partial charge in [0.05, 0.1) is 5.54 Å². The average molecular weight is 348 g/mol. The molecule has 0 bridgehead atoms. The van der Waals surface area contributed by atoms with Crippen molar-refractivity contribution >= 4 is 34.9 Å². The van der Waals surface area contributed by atoms with Crippen molar-refractivity contribution < 1.29 is 9.59 Å². The number of hydrogen-bond acceptors (Lipinski definition) is 2. The number of ketones is 1. The lowest BCUT2D eigenvalue weighted by atomic mass is 9.88. The molecule has 3 rings (SSSR count). The molecule has 118 valence electrons. The van der Waals surface area contributed by atoms with Gasteiger partial charge in [0.2, 0.25) is 5.91 Å². The van der Waals surface area contributed by atoms with E-state index in [1.165, 1.54) is 0 Å². The molecule has 0 saturated carbocycles. The van der Waals surface area contributed by atoms with Crippen LogP contribution in [-0.4, -0.2) is 17.2 Å². The molecule has 1 aliphatic heterocycles. The molecule has 1 amide bonds. The fourth-order valence-electron chi connectivity index (χ4n) is 2.81. The monoisotopic (exact) mass is 347 g/mol. The molecule has 3 nitrogen and oxygen atoms in total. The van der Waals surface area contributed by atoms with Crippen molar-refractivity contribution in [3.63, 3.8) is 0 Å². The number of carbonyl (C=O) groups is 2. The molecular weight excluding hydrogens is 333 g/mol. The largest absolute Gasteiger partial charge is 0.343 e. The molecular formula is C18H15Cl2NO2. The van der Waals surface area contributed by atoms with E-state index in [0.717, 1.165) is 11.1 Å². The summed E-state index contributed by atoms with van der Waals surface area (Å²) in [7, 11) is 0. The topological polar surface area (TPSA) is 46.2 Å². The summed E-state index contributed by atoms with van der Waals surface area (Å²) in [6.45, 7) is 3.39. The standard InChI is InChI=1S/C18H15Cl2NO2/c1-18(2)16(22)15(17(23)21-18)13-7-6-11(9-14(13)20)10-4-3-5-12(19)8-10/h3-9,15H,1-2H3,(H,21,23). The third-order valence-corrected chi connectivity index (χ3v) is 4.61. The molecule has 2 aromatic rings. The molecule has 0 aromatic heterocycles. The minimum absolute atomic E-state index is 0.167. The second kappa shape index (κ2) is 5.66. The van der Waals surface area contributed by atoms with Crippen LogP contribution < -0.4 is 5.32 Å². The number of halogens is 2. The molecule has 1 aliphatic rings. The fourth-order valence-corrected chi connectivity index (χ4v) is 3.29. The Morgan fingerprint density at radius 3 is 2.26 bits per heavy atom. The molecule has 1 saturated heterocycles. The highest BCUT2D eigenvalue weighted by Gasteiger charge is 2.47. The highest BCUT2D eigenvalue weighted by molar-refractivity contribution is 6.33. The van der Waals surface area contributed by atoms with E-state index in [-0.39, 0.29) is 11.7 Å². The molecule has 0 aliphatic carbocycles. The number of rotatable bonds is 2. The maximum absolute atomic E-state index is 12.4. The van der Waals surface area contributed by atoms with Crippen LogP contribution in [0.2, 0.25) is 10.0 Å². The zero-order chi connectivity index (χ0) is 16.8. The first-order valence-corrected chi connectivity index (χ1v) is 7.97. The van der Waals surface area contributed by atoms with Gasteiger partial charge in [0, 0.05) is 10.0 Å². The zero-order valence-electron chi connectivity index (χ0n) is 12.7. The average Bonchev–Trinajstić information content (AvgIpc) is 2.68. The Bertz CT molecular complexity index is 814. The maximum Gasteiger partial charge on any atom is 0.236 e. The summed E-state index contributed by atoms with van der Waals surface area (Å²) < 4.78 is 0. The third-order valence-electron chi connectivity index (χ3n) is 4.05. The Morgan fingerprint density at radius 2 is 1.70 bits per heavy atom. The van der Waals surface area contributed by atoms with Crippen molar-refractivity contribution in [1.29, 1.82) is 0 Å². The van der Waals surface area contributed by atoms with Gasteiger partial charge in [-0.25, -0.2) is 0 Å². The summed E-state index contributed by atoms with van der Waals surface area (Å²) in [5.41, 5.74) is 1.47. The molecule has 0 spiro atoms. The highest BCUT2D eigenvalue weighted by atomic mass is 35.5. The van der Waals surface area contributed by atoms with Crippen LogP contribution in [0.4, 0.5) is 0 Å². The van der Waals surface area contributed by atoms with E-state index in [4.69, 9.17) is 23.2 Å². The number of amides is 1. The quantitative estimate of drug-likeness (QED) is 0.826. The predicted octanol–water partition coefficient (Wildman–Crippen LogP) is 4.22. The second-order valence-corrected chi connectivity index (χ2v) is 7.00. The Balaban J connectivity index is 2.01.